The Morgan fingerprint density at radius 3 is 2.90 bits per heavy atom. The molecule has 1 aromatic carbocycles. The Morgan fingerprint density at radius 1 is 1.40 bits per heavy atom. The third-order valence-corrected chi connectivity index (χ3v) is 3.74. The summed E-state index contributed by atoms with van der Waals surface area (Å²) in [6.45, 7) is 8.50. The van der Waals surface area contributed by atoms with Gasteiger partial charge in [0.1, 0.15) is 18.1 Å². The molecule has 0 amide bonds. The lowest BCUT2D eigenvalue weighted by Gasteiger charge is -2.22. The predicted octanol–water partition coefficient (Wildman–Crippen LogP) is 2.92. The minimum atomic E-state index is -0.149. The zero-order chi connectivity index (χ0) is 14.6. The lowest BCUT2D eigenvalue weighted by atomic mass is 10.1. The number of hydrogen-bond acceptors (Lipinski definition) is 4. The van der Waals surface area contributed by atoms with Gasteiger partial charge in [-0.1, -0.05) is 6.92 Å². The Hall–Kier alpha value is -1.26. The molecule has 1 N–H and O–H groups in total. The summed E-state index contributed by atoms with van der Waals surface area (Å²) in [6.07, 6.45) is 0.849. The molecule has 112 valence electrons. The maximum Gasteiger partial charge on any atom is 0.127 e. The van der Waals surface area contributed by atoms with Crippen LogP contribution < -0.4 is 14.8 Å². The van der Waals surface area contributed by atoms with Crippen molar-refractivity contribution in [2.75, 3.05) is 26.9 Å². The average molecular weight is 279 g/mol. The molecule has 0 aromatic heterocycles. The topological polar surface area (TPSA) is 39.7 Å². The molecule has 0 aliphatic carbocycles. The van der Waals surface area contributed by atoms with Gasteiger partial charge in [0.2, 0.25) is 0 Å². The van der Waals surface area contributed by atoms with Crippen molar-refractivity contribution < 1.29 is 14.2 Å². The van der Waals surface area contributed by atoms with Crippen LogP contribution in [-0.2, 0) is 4.74 Å². The monoisotopic (exact) mass is 279 g/mol. The van der Waals surface area contributed by atoms with Gasteiger partial charge in [0.15, 0.2) is 0 Å². The maximum absolute atomic E-state index is 5.78. The minimum absolute atomic E-state index is 0.149. The largest absolute Gasteiger partial charge is 0.493 e. The van der Waals surface area contributed by atoms with Gasteiger partial charge in [0.25, 0.3) is 0 Å². The number of likely N-dealkylation sites (N-methyl/N-ethyl adjacent to an activating group) is 1. The van der Waals surface area contributed by atoms with Crippen molar-refractivity contribution in [3.63, 3.8) is 0 Å². The lowest BCUT2D eigenvalue weighted by Crippen LogP contribution is -2.25. The summed E-state index contributed by atoms with van der Waals surface area (Å²) in [4.78, 5) is 0. The van der Waals surface area contributed by atoms with Crippen molar-refractivity contribution in [3.8, 4) is 11.5 Å². The van der Waals surface area contributed by atoms with Crippen LogP contribution in [0.5, 0.6) is 11.5 Å². The van der Waals surface area contributed by atoms with Gasteiger partial charge in [-0.2, -0.15) is 0 Å². The van der Waals surface area contributed by atoms with Crippen LogP contribution in [0.4, 0.5) is 0 Å². The second-order valence-electron chi connectivity index (χ2n) is 5.68. The Kier molecular flexibility index (Phi) is 4.89. The quantitative estimate of drug-likeness (QED) is 0.833. The van der Waals surface area contributed by atoms with E-state index in [1.165, 1.54) is 5.56 Å². The summed E-state index contributed by atoms with van der Waals surface area (Å²) in [6, 6.07) is 6.38. The second kappa shape index (κ2) is 6.46. The van der Waals surface area contributed by atoms with E-state index in [9.17, 15) is 0 Å². The van der Waals surface area contributed by atoms with Crippen LogP contribution in [0.25, 0.3) is 0 Å². The van der Waals surface area contributed by atoms with E-state index in [1.54, 1.807) is 7.11 Å². The SMILES string of the molecule is CCNC1COc2cc(OCCC(C)(C)OC)ccc21. The van der Waals surface area contributed by atoms with Crippen molar-refractivity contribution in [2.24, 2.45) is 0 Å². The first-order valence-electron chi connectivity index (χ1n) is 7.24. The van der Waals surface area contributed by atoms with Crippen LogP contribution >= 0.6 is 0 Å². The van der Waals surface area contributed by atoms with Gasteiger partial charge in [-0.3, -0.25) is 0 Å². The van der Waals surface area contributed by atoms with Crippen molar-refractivity contribution in [3.05, 3.63) is 23.8 Å². The molecule has 0 saturated heterocycles. The third-order valence-electron chi connectivity index (χ3n) is 3.74. The van der Waals surface area contributed by atoms with Gasteiger partial charge in [-0.25, -0.2) is 0 Å². The molecule has 20 heavy (non-hydrogen) atoms. The van der Waals surface area contributed by atoms with Gasteiger partial charge in [0.05, 0.1) is 18.2 Å². The van der Waals surface area contributed by atoms with E-state index in [0.717, 1.165) is 24.5 Å². The Labute approximate surface area is 121 Å². The van der Waals surface area contributed by atoms with Gasteiger partial charge in [0, 0.05) is 25.2 Å². The molecule has 0 radical (unpaired) electrons. The summed E-state index contributed by atoms with van der Waals surface area (Å²) in [5, 5.41) is 3.41. The number of methoxy groups -OCH3 is 1. The molecule has 1 aliphatic heterocycles. The van der Waals surface area contributed by atoms with E-state index in [2.05, 4.69) is 32.2 Å². The molecule has 1 unspecified atom stereocenters. The van der Waals surface area contributed by atoms with Crippen LogP contribution in [0, 0.1) is 0 Å². The van der Waals surface area contributed by atoms with Gasteiger partial charge in [-0.15, -0.1) is 0 Å². The summed E-state index contributed by atoms with van der Waals surface area (Å²) < 4.78 is 16.9. The molecule has 0 fully saturated rings. The number of hydrogen-bond donors (Lipinski definition) is 1. The zero-order valence-electron chi connectivity index (χ0n) is 12.9. The van der Waals surface area contributed by atoms with Crippen molar-refractivity contribution in [1.29, 1.82) is 0 Å². The van der Waals surface area contributed by atoms with Crippen LogP contribution in [0.15, 0.2) is 18.2 Å². The van der Waals surface area contributed by atoms with Gasteiger partial charge < -0.3 is 19.5 Å². The standard InChI is InChI=1S/C16H25NO3/c1-5-17-14-11-20-15-10-12(6-7-13(14)15)19-9-8-16(2,3)18-4/h6-7,10,14,17H,5,8-9,11H2,1-4H3. The van der Waals surface area contributed by atoms with Crippen LogP contribution in [0.1, 0.15) is 38.8 Å². The predicted molar refractivity (Wildman–Crippen MR) is 79.6 cm³/mol. The highest BCUT2D eigenvalue weighted by molar-refractivity contribution is 5.45. The van der Waals surface area contributed by atoms with E-state index in [-0.39, 0.29) is 5.60 Å². The number of nitrogens with one attached hydrogen (secondary N) is 1. The smallest absolute Gasteiger partial charge is 0.127 e. The molecule has 2 rings (SSSR count). The molecule has 0 bridgehead atoms. The average Bonchev–Trinajstić information content (AvgIpc) is 2.82. The molecule has 1 aliphatic rings. The number of ether oxygens (including phenoxy) is 3. The van der Waals surface area contributed by atoms with E-state index < -0.39 is 0 Å². The van der Waals surface area contributed by atoms with Crippen molar-refractivity contribution in [1.82, 2.24) is 5.32 Å². The minimum Gasteiger partial charge on any atom is -0.493 e. The molecule has 1 atom stereocenters. The third kappa shape index (κ3) is 3.64. The fourth-order valence-corrected chi connectivity index (χ4v) is 2.21. The molecule has 1 heterocycles. The molecule has 1 aromatic rings. The molecule has 4 heteroatoms. The van der Waals surface area contributed by atoms with E-state index in [1.807, 2.05) is 12.1 Å². The van der Waals surface area contributed by atoms with Crippen molar-refractivity contribution >= 4 is 0 Å². The number of fused-ring (bicyclic) bond motifs is 1. The first-order valence-corrected chi connectivity index (χ1v) is 7.24. The fraction of sp³-hybridized carbons (Fsp3) is 0.625. The zero-order valence-corrected chi connectivity index (χ0v) is 12.9. The first kappa shape index (κ1) is 15.1. The molecule has 0 saturated carbocycles. The number of rotatable bonds is 7. The highest BCUT2D eigenvalue weighted by Gasteiger charge is 2.23. The number of benzene rings is 1. The Morgan fingerprint density at radius 2 is 2.20 bits per heavy atom. The van der Waals surface area contributed by atoms with Crippen LogP contribution in [0.3, 0.4) is 0 Å². The van der Waals surface area contributed by atoms with Gasteiger partial charge >= 0.3 is 0 Å². The van der Waals surface area contributed by atoms with Crippen LogP contribution in [0.2, 0.25) is 0 Å². The van der Waals surface area contributed by atoms with E-state index >= 15 is 0 Å². The second-order valence-corrected chi connectivity index (χ2v) is 5.68. The normalized spacial score (nSPS) is 17.7. The maximum atomic E-state index is 5.78. The highest BCUT2D eigenvalue weighted by Crippen LogP contribution is 2.35. The van der Waals surface area contributed by atoms with Crippen molar-refractivity contribution in [2.45, 2.75) is 38.8 Å². The Bertz CT molecular complexity index is 445. The fourth-order valence-electron chi connectivity index (χ4n) is 2.21. The molecule has 4 nitrogen and oxygen atoms in total. The summed E-state index contributed by atoms with van der Waals surface area (Å²) in [5.41, 5.74) is 1.07. The first-order chi connectivity index (χ1) is 9.55. The Balaban J connectivity index is 1.92. The van der Waals surface area contributed by atoms with Gasteiger partial charge in [-0.05, 0) is 32.5 Å². The molecular formula is C16H25NO3. The summed E-state index contributed by atoms with van der Waals surface area (Å²) in [7, 11) is 1.73. The highest BCUT2D eigenvalue weighted by atomic mass is 16.5. The van der Waals surface area contributed by atoms with E-state index in [4.69, 9.17) is 14.2 Å². The summed E-state index contributed by atoms with van der Waals surface area (Å²) >= 11 is 0. The lowest BCUT2D eigenvalue weighted by molar-refractivity contribution is 0.00545. The van der Waals surface area contributed by atoms with Crippen LogP contribution in [-0.4, -0.2) is 32.5 Å². The molecular weight excluding hydrogens is 254 g/mol. The summed E-state index contributed by atoms with van der Waals surface area (Å²) in [5.74, 6) is 1.78. The molecule has 0 spiro atoms. The van der Waals surface area contributed by atoms with E-state index in [0.29, 0.717) is 19.3 Å².